The Balaban J connectivity index is 4.04. The van der Waals surface area contributed by atoms with Crippen molar-refractivity contribution in [3.63, 3.8) is 0 Å². The van der Waals surface area contributed by atoms with Gasteiger partial charge in [-0.05, 0) is 41.0 Å². The highest BCUT2D eigenvalue weighted by Crippen LogP contribution is 2.05. The van der Waals surface area contributed by atoms with Crippen molar-refractivity contribution in [1.82, 2.24) is 10.6 Å². The van der Waals surface area contributed by atoms with E-state index >= 15 is 0 Å². The fraction of sp³-hybridized carbons (Fsp3) is 0.786. The maximum atomic E-state index is 11.6. The molecule has 116 valence electrons. The molecule has 0 aliphatic heterocycles. The summed E-state index contributed by atoms with van der Waals surface area (Å²) in [5.41, 5.74) is -1.17. The summed E-state index contributed by atoms with van der Waals surface area (Å²) in [6, 6.07) is 0. The van der Waals surface area contributed by atoms with Gasteiger partial charge in [-0.15, -0.1) is 0 Å². The number of nitrogens with zero attached hydrogens (tertiary/aromatic N) is 1. The van der Waals surface area contributed by atoms with Crippen LogP contribution in [-0.4, -0.2) is 52.6 Å². The second-order valence-electron chi connectivity index (χ2n) is 6.46. The van der Waals surface area contributed by atoms with E-state index in [2.05, 4.69) is 10.6 Å². The van der Waals surface area contributed by atoms with E-state index in [1.807, 2.05) is 20.8 Å². The fourth-order valence-corrected chi connectivity index (χ4v) is 1.35. The number of hydrogen-bond acceptors (Lipinski definition) is 2. The van der Waals surface area contributed by atoms with Crippen LogP contribution in [0.15, 0.2) is 0 Å². The van der Waals surface area contributed by atoms with Crippen LogP contribution in [0.4, 0.5) is 0 Å². The molecule has 0 radical (unpaired) electrons. The molecule has 20 heavy (non-hydrogen) atoms. The summed E-state index contributed by atoms with van der Waals surface area (Å²) >= 11 is 0. The molecule has 0 unspecified atom stereocenters. The smallest absolute Gasteiger partial charge is 0.351 e. The predicted octanol–water partition coefficient (Wildman–Crippen LogP) is 0.805. The van der Waals surface area contributed by atoms with Crippen LogP contribution in [-0.2, 0) is 9.59 Å². The third-order valence-corrected chi connectivity index (χ3v) is 2.93. The van der Waals surface area contributed by atoms with Crippen LogP contribution in [0.2, 0.25) is 0 Å². The molecule has 0 aromatic heterocycles. The van der Waals surface area contributed by atoms with Gasteiger partial charge in [0.05, 0.1) is 13.6 Å². The molecule has 3 N–H and O–H groups in total. The third kappa shape index (κ3) is 7.11. The number of amides is 1. The SMILES string of the molecule is C[N+](=CNCCCC(=O)NC(C)(C)C)C(C)(C)C(=O)O. The van der Waals surface area contributed by atoms with Crippen molar-refractivity contribution >= 4 is 18.2 Å². The Labute approximate surface area is 121 Å². The summed E-state index contributed by atoms with van der Waals surface area (Å²) in [5.74, 6) is -0.860. The van der Waals surface area contributed by atoms with E-state index in [-0.39, 0.29) is 11.4 Å². The minimum absolute atomic E-state index is 0.0264. The molecule has 0 aliphatic rings. The first-order valence-corrected chi connectivity index (χ1v) is 6.81. The average Bonchev–Trinajstić information content (AvgIpc) is 2.25. The first-order valence-electron chi connectivity index (χ1n) is 6.81. The number of carbonyl (C=O) groups excluding carboxylic acids is 1. The molecule has 0 saturated heterocycles. The third-order valence-electron chi connectivity index (χ3n) is 2.93. The zero-order valence-electron chi connectivity index (χ0n) is 13.4. The molecule has 0 aromatic rings. The lowest BCUT2D eigenvalue weighted by Crippen LogP contribution is -2.44. The quantitative estimate of drug-likeness (QED) is 0.280. The molecular weight excluding hydrogens is 258 g/mol. The van der Waals surface area contributed by atoms with E-state index in [4.69, 9.17) is 5.11 Å². The van der Waals surface area contributed by atoms with E-state index in [0.717, 1.165) is 0 Å². The Kier molecular flexibility index (Phi) is 6.68. The van der Waals surface area contributed by atoms with Gasteiger partial charge in [-0.1, -0.05) is 0 Å². The predicted molar refractivity (Wildman–Crippen MR) is 79.1 cm³/mol. The summed E-state index contributed by atoms with van der Waals surface area (Å²) in [5, 5.41) is 15.0. The summed E-state index contributed by atoms with van der Waals surface area (Å²) < 4.78 is 1.60. The van der Waals surface area contributed by atoms with Crippen molar-refractivity contribution in [2.75, 3.05) is 13.6 Å². The molecule has 0 aliphatic carbocycles. The van der Waals surface area contributed by atoms with Gasteiger partial charge in [-0.25, -0.2) is 4.79 Å². The highest BCUT2D eigenvalue weighted by Gasteiger charge is 2.32. The standard InChI is InChI=1S/C14H27N3O3/c1-13(2,3)16-11(18)8-7-9-15-10-17(6)14(4,5)12(19)20/h10H,7-9H2,1-6H3,(H2,16,18,19,20)/p+1. The normalized spacial score (nSPS) is 13.0. The zero-order chi connectivity index (χ0) is 16.0. The first-order chi connectivity index (χ1) is 8.97. The zero-order valence-corrected chi connectivity index (χ0v) is 13.4. The number of hydrogen-bond donors (Lipinski definition) is 3. The maximum Gasteiger partial charge on any atom is 0.351 e. The summed E-state index contributed by atoms with van der Waals surface area (Å²) in [7, 11) is 1.70. The molecule has 0 rings (SSSR count). The minimum Gasteiger partial charge on any atom is -0.478 e. The highest BCUT2D eigenvalue weighted by atomic mass is 16.4. The van der Waals surface area contributed by atoms with E-state index in [1.165, 1.54) is 0 Å². The minimum atomic E-state index is -0.962. The molecule has 0 saturated carbocycles. The van der Waals surface area contributed by atoms with Crippen molar-refractivity contribution in [2.24, 2.45) is 0 Å². The topological polar surface area (TPSA) is 81.4 Å². The lowest BCUT2D eigenvalue weighted by atomic mass is 10.1. The van der Waals surface area contributed by atoms with Gasteiger partial charge < -0.3 is 10.4 Å². The molecule has 1 amide bonds. The van der Waals surface area contributed by atoms with Gasteiger partial charge in [0.1, 0.15) is 0 Å². The number of aliphatic carboxylic acids is 1. The van der Waals surface area contributed by atoms with Crippen LogP contribution in [0.25, 0.3) is 0 Å². The van der Waals surface area contributed by atoms with Crippen molar-refractivity contribution < 1.29 is 19.3 Å². The Hall–Kier alpha value is -1.59. The van der Waals surface area contributed by atoms with E-state index < -0.39 is 11.5 Å². The number of carboxylic acid groups (broad SMARTS) is 1. The van der Waals surface area contributed by atoms with Crippen LogP contribution < -0.4 is 10.6 Å². The van der Waals surface area contributed by atoms with Crippen molar-refractivity contribution in [3.05, 3.63) is 0 Å². The van der Waals surface area contributed by atoms with Gasteiger partial charge in [-0.2, -0.15) is 0 Å². The van der Waals surface area contributed by atoms with Gasteiger partial charge in [0.2, 0.25) is 12.2 Å². The molecular formula is C14H28N3O3+. The number of carboxylic acids is 1. The number of likely N-dealkylation sites (N-methyl/N-ethyl adjacent to an activating group) is 1. The lowest BCUT2D eigenvalue weighted by Gasteiger charge is -2.20. The van der Waals surface area contributed by atoms with Crippen LogP contribution in [0, 0.1) is 0 Å². The van der Waals surface area contributed by atoms with Crippen molar-refractivity contribution in [2.45, 2.75) is 58.5 Å². The van der Waals surface area contributed by atoms with Crippen LogP contribution in [0.5, 0.6) is 0 Å². The van der Waals surface area contributed by atoms with E-state index in [9.17, 15) is 9.59 Å². The highest BCUT2D eigenvalue weighted by molar-refractivity contribution is 5.77. The summed E-state index contributed by atoms with van der Waals surface area (Å²) in [6.07, 6.45) is 2.78. The molecule has 0 atom stereocenters. The van der Waals surface area contributed by atoms with Gasteiger partial charge >= 0.3 is 5.97 Å². The average molecular weight is 286 g/mol. The number of carbonyl (C=O) groups is 2. The van der Waals surface area contributed by atoms with Gasteiger partial charge in [-0.3, -0.25) is 14.7 Å². The Bertz CT molecular complexity index is 382. The molecule has 0 bridgehead atoms. The lowest BCUT2D eigenvalue weighted by molar-refractivity contribution is -0.558. The molecule has 0 heterocycles. The summed E-state index contributed by atoms with van der Waals surface area (Å²) in [6.45, 7) is 9.71. The fourth-order valence-electron chi connectivity index (χ4n) is 1.35. The molecule has 0 spiro atoms. The van der Waals surface area contributed by atoms with Gasteiger partial charge in [0.25, 0.3) is 0 Å². The second kappa shape index (κ2) is 7.26. The van der Waals surface area contributed by atoms with E-state index in [0.29, 0.717) is 19.4 Å². The molecule has 0 fully saturated rings. The second-order valence-corrected chi connectivity index (χ2v) is 6.46. The Morgan fingerprint density at radius 3 is 2.20 bits per heavy atom. The van der Waals surface area contributed by atoms with Gasteiger partial charge in [0.15, 0.2) is 5.54 Å². The van der Waals surface area contributed by atoms with Gasteiger partial charge in [0, 0.05) is 12.0 Å². The summed E-state index contributed by atoms with van der Waals surface area (Å²) in [4.78, 5) is 22.6. The number of rotatable bonds is 7. The monoisotopic (exact) mass is 286 g/mol. The van der Waals surface area contributed by atoms with Crippen LogP contribution >= 0.6 is 0 Å². The Morgan fingerprint density at radius 2 is 1.75 bits per heavy atom. The molecule has 6 nitrogen and oxygen atoms in total. The van der Waals surface area contributed by atoms with Crippen molar-refractivity contribution in [3.8, 4) is 0 Å². The van der Waals surface area contributed by atoms with E-state index in [1.54, 1.807) is 31.8 Å². The molecule has 6 heteroatoms. The maximum absolute atomic E-state index is 11.6. The van der Waals surface area contributed by atoms with Crippen LogP contribution in [0.3, 0.4) is 0 Å². The Morgan fingerprint density at radius 1 is 1.20 bits per heavy atom. The van der Waals surface area contributed by atoms with Crippen molar-refractivity contribution in [1.29, 1.82) is 0 Å². The number of nitrogens with one attached hydrogen (secondary N) is 2. The largest absolute Gasteiger partial charge is 0.478 e. The van der Waals surface area contributed by atoms with Crippen LogP contribution in [0.1, 0.15) is 47.5 Å². The molecule has 0 aromatic carbocycles. The first kappa shape index (κ1) is 18.4.